The normalized spacial score (nSPS) is 25.6. The van der Waals surface area contributed by atoms with Gasteiger partial charge >= 0.3 is 0 Å². The summed E-state index contributed by atoms with van der Waals surface area (Å²) in [6, 6.07) is -0.888. The summed E-state index contributed by atoms with van der Waals surface area (Å²) in [5.41, 5.74) is 0. The molecule has 3 aliphatic rings. The Kier molecular flexibility index (Phi) is 63.4. The first-order chi connectivity index (χ1) is 52.3. The minimum atomic E-state index is -1.97. The van der Waals surface area contributed by atoms with Gasteiger partial charge in [-0.05, 0) is 51.4 Å². The molecule has 3 rings (SSSR count). The lowest BCUT2D eigenvalue weighted by Gasteiger charge is -2.48. The van der Waals surface area contributed by atoms with E-state index in [0.29, 0.717) is 12.8 Å². The summed E-state index contributed by atoms with van der Waals surface area (Å²) in [6.45, 7) is 1.86. The second-order valence-electron chi connectivity index (χ2n) is 32.1. The van der Waals surface area contributed by atoms with Gasteiger partial charge in [0.15, 0.2) is 18.9 Å². The number of unbranched alkanes of at least 4 members (excludes halogenated alkanes) is 51. The van der Waals surface area contributed by atoms with Crippen LogP contribution in [0.25, 0.3) is 0 Å². The Hall–Kier alpha value is -1.99. The van der Waals surface area contributed by atoms with Crippen molar-refractivity contribution in [1.82, 2.24) is 5.32 Å². The van der Waals surface area contributed by atoms with Crippen LogP contribution in [-0.2, 0) is 33.2 Å². The zero-order valence-corrected chi connectivity index (χ0v) is 67.9. The van der Waals surface area contributed by atoms with E-state index in [1.54, 1.807) is 0 Å². The molecule has 3 saturated heterocycles. The van der Waals surface area contributed by atoms with E-state index in [-0.39, 0.29) is 18.9 Å². The molecule has 0 spiro atoms. The fourth-order valence-corrected chi connectivity index (χ4v) is 15.3. The minimum absolute atomic E-state index is 0.235. The molecular weight excluding hydrogens is 1360 g/mol. The molecule has 0 aliphatic carbocycles. The number of hydrogen-bond acceptors (Lipinski definition) is 18. The summed E-state index contributed by atoms with van der Waals surface area (Å²) >= 11 is 0. The Morgan fingerprint density at radius 3 is 0.963 bits per heavy atom. The molecule has 19 nitrogen and oxygen atoms in total. The van der Waals surface area contributed by atoms with Crippen LogP contribution in [0, 0.1) is 0 Å². The van der Waals surface area contributed by atoms with Gasteiger partial charge in [0.25, 0.3) is 0 Å². The van der Waals surface area contributed by atoms with E-state index in [0.717, 1.165) is 57.8 Å². The lowest BCUT2D eigenvalue weighted by Crippen LogP contribution is -2.66. The summed E-state index contributed by atoms with van der Waals surface area (Å²) in [7, 11) is 0. The van der Waals surface area contributed by atoms with Gasteiger partial charge in [-0.25, -0.2) is 0 Å². The van der Waals surface area contributed by atoms with Gasteiger partial charge in [0.1, 0.15) is 73.2 Å². The molecule has 0 aromatic rings. The highest BCUT2D eigenvalue weighted by atomic mass is 16.8. The Labute approximate surface area is 651 Å². The van der Waals surface area contributed by atoms with Crippen molar-refractivity contribution in [2.24, 2.45) is 0 Å². The second-order valence-corrected chi connectivity index (χ2v) is 32.1. The highest BCUT2D eigenvalue weighted by Gasteiger charge is 2.54. The van der Waals surface area contributed by atoms with Crippen LogP contribution in [0.15, 0.2) is 36.5 Å². The minimum Gasteiger partial charge on any atom is -0.394 e. The third-order valence-corrected chi connectivity index (χ3v) is 22.5. The maximum absolute atomic E-state index is 13.5. The number of ether oxygens (including phenoxy) is 6. The van der Waals surface area contributed by atoms with E-state index < -0.39 is 124 Å². The number of amides is 1. The molecule has 3 heterocycles. The van der Waals surface area contributed by atoms with Gasteiger partial charge in [-0.3, -0.25) is 4.79 Å². The van der Waals surface area contributed by atoms with Crippen LogP contribution in [0.4, 0.5) is 0 Å². The molecule has 0 bridgehead atoms. The zero-order valence-electron chi connectivity index (χ0n) is 67.9. The van der Waals surface area contributed by atoms with Gasteiger partial charge in [0, 0.05) is 6.42 Å². The van der Waals surface area contributed by atoms with Crippen LogP contribution >= 0.6 is 0 Å². The first-order valence-corrected chi connectivity index (χ1v) is 44.7. The third kappa shape index (κ3) is 47.5. The maximum Gasteiger partial charge on any atom is 0.220 e. The number of aliphatic hydroxyl groups is 11. The van der Waals surface area contributed by atoms with Gasteiger partial charge in [-0.2, -0.15) is 0 Å². The number of nitrogens with one attached hydrogen (secondary N) is 1. The van der Waals surface area contributed by atoms with Gasteiger partial charge < -0.3 is 89.9 Å². The Bertz CT molecular complexity index is 2070. The Balaban J connectivity index is 1.32. The van der Waals surface area contributed by atoms with Crippen LogP contribution in [0.3, 0.4) is 0 Å². The van der Waals surface area contributed by atoms with Crippen molar-refractivity contribution in [2.45, 2.75) is 491 Å². The summed E-state index contributed by atoms with van der Waals surface area (Å²) < 4.78 is 34.6. The first kappa shape index (κ1) is 99.2. The largest absolute Gasteiger partial charge is 0.394 e. The van der Waals surface area contributed by atoms with Crippen LogP contribution < -0.4 is 5.32 Å². The van der Waals surface area contributed by atoms with Crippen molar-refractivity contribution < 1.29 is 89.4 Å². The van der Waals surface area contributed by atoms with Crippen molar-refractivity contribution >= 4 is 5.91 Å². The Morgan fingerprint density at radius 1 is 0.336 bits per heavy atom. The number of hydrogen-bond donors (Lipinski definition) is 12. The predicted molar refractivity (Wildman–Crippen MR) is 429 cm³/mol. The van der Waals surface area contributed by atoms with E-state index in [1.165, 1.54) is 295 Å². The van der Waals surface area contributed by atoms with Crippen LogP contribution in [0.5, 0.6) is 0 Å². The zero-order chi connectivity index (χ0) is 77.4. The summed E-state index contributed by atoms with van der Waals surface area (Å²) in [4.78, 5) is 13.5. The maximum atomic E-state index is 13.5. The predicted octanol–water partition coefficient (Wildman–Crippen LogP) is 16.6. The number of allylic oxidation sites excluding steroid dienone is 6. The smallest absolute Gasteiger partial charge is 0.220 e. The molecule has 17 unspecified atom stereocenters. The molecule has 1 amide bonds. The summed E-state index contributed by atoms with van der Waals surface area (Å²) in [5, 5.41) is 121. The standard InChI is InChI=1S/C88H165NO18/c1-3-5-7-9-11-13-15-17-19-21-23-25-27-29-31-33-34-35-36-38-40-42-44-46-48-50-52-54-56-58-60-62-64-66-76(94)89-71(72(93)65-63-61-59-57-55-53-51-49-47-45-43-41-39-37-32-30-28-26-24-22-20-18-16-14-12-10-8-6-4-2)70-102-86-82(100)79(97)84(74(68-91)104-86)107-88-83(101)80(98)85(75(69-92)105-88)106-87-81(99)78(96)77(95)73(67-90)103-87/h15,17,21,23,27,29,71-75,77-88,90-93,95-101H,3-14,16,18-20,22,24-26,28,30-70H2,1-2H3,(H,89,94)/b17-15-,23-21-,29-27-. The molecule has 0 radical (unpaired) electrons. The quantitative estimate of drug-likeness (QED) is 0.0199. The van der Waals surface area contributed by atoms with Gasteiger partial charge in [0.05, 0.1) is 38.6 Å². The number of rotatable bonds is 73. The van der Waals surface area contributed by atoms with Crippen molar-refractivity contribution in [3.8, 4) is 0 Å². The monoisotopic (exact) mass is 1520 g/mol. The van der Waals surface area contributed by atoms with Crippen molar-refractivity contribution in [3.05, 3.63) is 36.5 Å². The lowest BCUT2D eigenvalue weighted by atomic mass is 9.96. The van der Waals surface area contributed by atoms with Crippen molar-refractivity contribution in [1.29, 1.82) is 0 Å². The molecule has 0 aromatic heterocycles. The average molecular weight is 1530 g/mol. The molecule has 0 aromatic carbocycles. The number of aliphatic hydroxyl groups excluding tert-OH is 11. The molecule has 17 atom stereocenters. The number of carbonyl (C=O) groups is 1. The van der Waals surface area contributed by atoms with Gasteiger partial charge in [-0.1, -0.05) is 365 Å². The van der Waals surface area contributed by atoms with E-state index in [1.807, 2.05) is 0 Å². The van der Waals surface area contributed by atoms with Crippen LogP contribution in [0.2, 0.25) is 0 Å². The molecular formula is C88H165NO18. The highest BCUT2D eigenvalue weighted by Crippen LogP contribution is 2.34. The van der Waals surface area contributed by atoms with Gasteiger partial charge in [-0.15, -0.1) is 0 Å². The van der Waals surface area contributed by atoms with Crippen molar-refractivity contribution in [2.75, 3.05) is 26.4 Å². The van der Waals surface area contributed by atoms with E-state index in [9.17, 15) is 61.0 Å². The molecule has 630 valence electrons. The average Bonchev–Trinajstić information content (AvgIpc) is 0.782. The highest BCUT2D eigenvalue weighted by molar-refractivity contribution is 5.76. The first-order valence-electron chi connectivity index (χ1n) is 44.7. The van der Waals surface area contributed by atoms with Crippen LogP contribution in [0.1, 0.15) is 386 Å². The molecule has 12 N–H and O–H groups in total. The molecule has 0 saturated carbocycles. The second kappa shape index (κ2) is 68.4. The molecule has 19 heteroatoms. The van der Waals surface area contributed by atoms with E-state index >= 15 is 0 Å². The SMILES string of the molecule is CCCCCCC/C=C\C/C=C\C/C=C\CCCCCCCCCCCCCCCCCCCCC(=O)NC(COC1OC(CO)C(OC2OC(CO)C(OC3OC(CO)C(O)C(O)C3O)C(O)C2O)C(O)C1O)C(O)CCCCCCCCCCCCCCCCCCCCCCCCCCCCCCC. The number of carbonyl (C=O) groups excluding carboxylic acids is 1. The van der Waals surface area contributed by atoms with Crippen molar-refractivity contribution in [3.63, 3.8) is 0 Å². The van der Waals surface area contributed by atoms with Gasteiger partial charge in [0.2, 0.25) is 5.91 Å². The fourth-order valence-electron chi connectivity index (χ4n) is 15.3. The summed E-state index contributed by atoms with van der Waals surface area (Å²) in [6.07, 6.45) is 59.6. The Morgan fingerprint density at radius 2 is 0.617 bits per heavy atom. The van der Waals surface area contributed by atoms with E-state index in [4.69, 9.17) is 28.4 Å². The molecule has 107 heavy (non-hydrogen) atoms. The van der Waals surface area contributed by atoms with Crippen LogP contribution in [-0.4, -0.2) is 193 Å². The van der Waals surface area contributed by atoms with E-state index in [2.05, 4.69) is 55.6 Å². The summed E-state index contributed by atoms with van der Waals surface area (Å²) in [5.74, 6) is -0.235. The molecule has 3 aliphatic heterocycles. The third-order valence-electron chi connectivity index (χ3n) is 22.5. The fraction of sp³-hybridized carbons (Fsp3) is 0.920. The topological polar surface area (TPSA) is 307 Å². The lowest BCUT2D eigenvalue weighted by molar-refractivity contribution is -0.379. The molecule has 3 fully saturated rings.